The maximum atomic E-state index is 13.6. The molecular weight excluding hydrogens is 509 g/mol. The van der Waals surface area contributed by atoms with Gasteiger partial charge in [0.05, 0.1) is 0 Å². The molecule has 0 spiro atoms. The van der Waals surface area contributed by atoms with Crippen LogP contribution in [0.25, 0.3) is 0 Å². The minimum absolute atomic E-state index is 0.0757. The van der Waals surface area contributed by atoms with Crippen LogP contribution in [0.1, 0.15) is 121 Å². The Bertz CT molecular complexity index is 463. The summed E-state index contributed by atoms with van der Waals surface area (Å²) in [6.45, 7) is 22.0. The molecule has 0 fully saturated rings. The summed E-state index contributed by atoms with van der Waals surface area (Å²) >= 11 is -0.762. The number of nitrogens with zero attached hydrogens (tertiary/aromatic N) is 1. The Morgan fingerprint density at radius 1 is 0.839 bits per heavy atom. The zero-order chi connectivity index (χ0) is 24.1. The van der Waals surface area contributed by atoms with E-state index in [1.165, 1.54) is 51.8 Å². The third-order valence-electron chi connectivity index (χ3n) is 5.99. The Morgan fingerprint density at radius 2 is 1.29 bits per heavy atom. The molecule has 0 radical (unpaired) electrons. The minimum atomic E-state index is -2.66. The average Bonchev–Trinajstić information content (AvgIpc) is 2.65. The van der Waals surface area contributed by atoms with E-state index >= 15 is 0 Å². The quantitative estimate of drug-likeness (QED) is 0.147. The summed E-state index contributed by atoms with van der Waals surface area (Å²) in [6, 6.07) is 0. The van der Waals surface area contributed by atoms with Gasteiger partial charge in [0.25, 0.3) is 0 Å². The molecule has 0 aromatic heterocycles. The van der Waals surface area contributed by atoms with Crippen LogP contribution in [0.5, 0.6) is 0 Å². The molecule has 0 aliphatic heterocycles. The van der Waals surface area contributed by atoms with Crippen molar-refractivity contribution in [3.63, 3.8) is 0 Å². The van der Waals surface area contributed by atoms with E-state index in [1.54, 1.807) is 0 Å². The van der Waals surface area contributed by atoms with E-state index < -0.39 is 24.0 Å². The van der Waals surface area contributed by atoms with Crippen LogP contribution in [0.3, 0.4) is 0 Å². The molecule has 5 heteroatoms. The van der Waals surface area contributed by atoms with Gasteiger partial charge in [-0.25, -0.2) is 0 Å². The van der Waals surface area contributed by atoms with Crippen molar-refractivity contribution >= 4 is 36.2 Å². The first kappa shape index (κ1) is 31.4. The Kier molecular flexibility index (Phi) is 15.6. The van der Waals surface area contributed by atoms with Crippen molar-refractivity contribution in [1.29, 1.82) is 0 Å². The normalized spacial score (nSPS) is 13.9. The van der Waals surface area contributed by atoms with Crippen LogP contribution in [0.15, 0.2) is 0 Å². The molecule has 1 atom stereocenters. The Labute approximate surface area is 204 Å². The molecule has 0 heterocycles. The third kappa shape index (κ3) is 13.0. The summed E-state index contributed by atoms with van der Waals surface area (Å²) in [5.74, 6) is 0.756. The van der Waals surface area contributed by atoms with E-state index in [4.69, 9.17) is 4.74 Å². The molecular formula is C26H55NO2SSn. The second kappa shape index (κ2) is 15.3. The average molecular weight is 565 g/mol. The fraction of sp³-hybridized carbons (Fsp3) is 0.962. The van der Waals surface area contributed by atoms with Crippen LogP contribution in [0.4, 0.5) is 4.79 Å². The van der Waals surface area contributed by atoms with E-state index in [-0.39, 0.29) is 10.8 Å². The Morgan fingerprint density at radius 3 is 1.61 bits per heavy atom. The number of hydrogen-bond acceptors (Lipinski definition) is 3. The van der Waals surface area contributed by atoms with Crippen molar-refractivity contribution in [3.8, 4) is 0 Å². The molecule has 0 saturated carbocycles. The monoisotopic (exact) mass is 565 g/mol. The first-order valence-corrected chi connectivity index (χ1v) is 21.7. The second-order valence-electron chi connectivity index (χ2n) is 11.3. The number of carbonyl (C=O) groups excluding carboxylic acids is 1. The van der Waals surface area contributed by atoms with E-state index in [0.29, 0.717) is 4.06 Å². The third-order valence-corrected chi connectivity index (χ3v) is 24.6. The molecule has 0 aromatic rings. The predicted octanol–water partition coefficient (Wildman–Crippen LogP) is 9.27. The van der Waals surface area contributed by atoms with Crippen LogP contribution >= 0.6 is 11.8 Å². The number of rotatable bonds is 15. The van der Waals surface area contributed by atoms with Crippen LogP contribution in [0.2, 0.25) is 13.3 Å². The number of thioether (sulfide) groups is 1. The van der Waals surface area contributed by atoms with Gasteiger partial charge in [-0.3, -0.25) is 0 Å². The van der Waals surface area contributed by atoms with Gasteiger partial charge in [0, 0.05) is 0 Å². The van der Waals surface area contributed by atoms with Crippen LogP contribution in [-0.2, 0) is 4.74 Å². The number of hydrogen-bond donors (Lipinski definition) is 0. The summed E-state index contributed by atoms with van der Waals surface area (Å²) in [5.41, 5.74) is -0.451. The summed E-state index contributed by atoms with van der Waals surface area (Å²) in [6.07, 6.45) is 10.0. The predicted molar refractivity (Wildman–Crippen MR) is 144 cm³/mol. The maximum absolute atomic E-state index is 13.6. The Balaban J connectivity index is 6.29. The first-order chi connectivity index (χ1) is 14.4. The topological polar surface area (TPSA) is 29.5 Å². The van der Waals surface area contributed by atoms with Gasteiger partial charge in [-0.15, -0.1) is 0 Å². The van der Waals surface area contributed by atoms with Crippen molar-refractivity contribution in [1.82, 2.24) is 4.90 Å². The van der Waals surface area contributed by atoms with Crippen molar-refractivity contribution in [3.05, 3.63) is 0 Å². The van der Waals surface area contributed by atoms with Gasteiger partial charge in [0.1, 0.15) is 0 Å². The molecule has 0 aliphatic rings. The van der Waals surface area contributed by atoms with Gasteiger partial charge in [-0.05, 0) is 0 Å². The Hall–Kier alpha value is 0.419. The van der Waals surface area contributed by atoms with Gasteiger partial charge in [-0.1, -0.05) is 0 Å². The molecule has 0 saturated heterocycles. The molecule has 0 N–H and O–H groups in total. The summed E-state index contributed by atoms with van der Waals surface area (Å²) in [5, 5.41) is 0. The zero-order valence-electron chi connectivity index (χ0n) is 22.7. The van der Waals surface area contributed by atoms with Crippen LogP contribution < -0.4 is 0 Å². The van der Waals surface area contributed by atoms with Crippen molar-refractivity contribution in [2.75, 3.05) is 5.88 Å². The van der Waals surface area contributed by atoms with E-state index in [9.17, 15) is 4.79 Å². The molecule has 1 unspecified atom stereocenters. The molecule has 1 amide bonds. The molecule has 3 nitrogen and oxygen atoms in total. The number of amides is 1. The van der Waals surface area contributed by atoms with Gasteiger partial charge >= 0.3 is 205 Å². The van der Waals surface area contributed by atoms with Gasteiger partial charge in [0.2, 0.25) is 0 Å². The van der Waals surface area contributed by atoms with E-state index in [2.05, 4.69) is 53.4 Å². The first-order valence-electron chi connectivity index (χ1n) is 13.0. The summed E-state index contributed by atoms with van der Waals surface area (Å²) in [7, 11) is 0. The molecule has 31 heavy (non-hydrogen) atoms. The number of carbonyl (C=O) groups is 1. The van der Waals surface area contributed by atoms with E-state index in [0.717, 1.165) is 18.7 Å². The summed E-state index contributed by atoms with van der Waals surface area (Å²) < 4.78 is 10.9. The van der Waals surface area contributed by atoms with Gasteiger partial charge < -0.3 is 0 Å². The molecule has 0 aromatic carbocycles. The van der Waals surface area contributed by atoms with Crippen molar-refractivity contribution in [2.24, 2.45) is 0 Å². The van der Waals surface area contributed by atoms with Gasteiger partial charge in [0.15, 0.2) is 0 Å². The van der Waals surface area contributed by atoms with E-state index in [1.807, 2.05) is 32.5 Å². The fourth-order valence-corrected chi connectivity index (χ4v) is 24.6. The zero-order valence-corrected chi connectivity index (χ0v) is 26.4. The molecule has 186 valence electrons. The fourth-order valence-electron chi connectivity index (χ4n) is 4.38. The molecule has 0 aliphatic carbocycles. The second-order valence-corrected chi connectivity index (χ2v) is 27.0. The van der Waals surface area contributed by atoms with Crippen molar-refractivity contribution in [2.45, 2.75) is 148 Å². The van der Waals surface area contributed by atoms with Gasteiger partial charge in [-0.2, -0.15) is 0 Å². The standard InChI is InChI=1S/C14H28NO2S.3C4H9.Sn/c1-8-9-10-15(11-18-14(5,6)7)12(16)17-13(2,3)4;3*1-3-4-2;/h10H,8-9,11H2,1-7H3;3*1,3-4H2,2H3;. The number of ether oxygens (including phenoxy) is 1. The SMILES string of the molecule is CCC[CH2][Sn]([CH2]CCC)([CH2]CCC)[CH](CCC)N(CSC(C)(C)C)C(=O)OC(C)(C)C. The van der Waals surface area contributed by atoms with Crippen LogP contribution in [0, 0.1) is 0 Å². The molecule has 0 rings (SSSR count). The number of unbranched alkanes of at least 4 members (excludes halogenated alkanes) is 3. The van der Waals surface area contributed by atoms with Crippen LogP contribution in [-0.4, -0.2) is 49.7 Å². The molecule has 0 bridgehead atoms. The summed E-state index contributed by atoms with van der Waals surface area (Å²) in [4.78, 5) is 15.8. The van der Waals surface area contributed by atoms with Crippen molar-refractivity contribution < 1.29 is 9.53 Å².